The molecule has 3 rings (SSSR count). The van der Waals surface area contributed by atoms with E-state index in [-0.39, 0.29) is 5.82 Å². The van der Waals surface area contributed by atoms with Gasteiger partial charge in [-0.3, -0.25) is 0 Å². The topological polar surface area (TPSA) is 29.5 Å². The van der Waals surface area contributed by atoms with Crippen LogP contribution in [0.5, 0.6) is 5.75 Å². The fourth-order valence-electron chi connectivity index (χ4n) is 2.68. The molecule has 2 nitrogen and oxygen atoms in total. The van der Waals surface area contributed by atoms with Crippen molar-refractivity contribution in [1.82, 2.24) is 0 Å². The maximum atomic E-state index is 13.1. The Balaban J connectivity index is 1.95. The van der Waals surface area contributed by atoms with Gasteiger partial charge in [0.15, 0.2) is 0 Å². The summed E-state index contributed by atoms with van der Waals surface area (Å²) < 4.78 is 18.7. The predicted molar refractivity (Wildman–Crippen MR) is 75.5 cm³/mol. The van der Waals surface area contributed by atoms with Crippen molar-refractivity contribution < 1.29 is 14.2 Å². The molecule has 1 aliphatic rings. The van der Waals surface area contributed by atoms with Crippen LogP contribution in [0.4, 0.5) is 4.39 Å². The summed E-state index contributed by atoms with van der Waals surface area (Å²) in [7, 11) is 0. The molecule has 0 aliphatic carbocycles. The van der Waals surface area contributed by atoms with Crippen molar-refractivity contribution in [2.75, 3.05) is 6.61 Å². The minimum atomic E-state index is -0.733. The van der Waals surface area contributed by atoms with Crippen LogP contribution in [0.25, 0.3) is 0 Å². The minimum Gasteiger partial charge on any atom is -0.493 e. The van der Waals surface area contributed by atoms with Crippen molar-refractivity contribution in [1.29, 1.82) is 0 Å². The van der Waals surface area contributed by atoms with Gasteiger partial charge in [-0.15, -0.1) is 0 Å². The Morgan fingerprint density at radius 1 is 1.20 bits per heavy atom. The highest BCUT2D eigenvalue weighted by Gasteiger charge is 2.17. The summed E-state index contributed by atoms with van der Waals surface area (Å²) in [6.07, 6.45) is 1.24. The lowest BCUT2D eigenvalue weighted by atomic mass is 9.94. The molecule has 1 unspecified atom stereocenters. The second-order valence-electron chi connectivity index (χ2n) is 5.22. The monoisotopic (exact) mass is 272 g/mol. The van der Waals surface area contributed by atoms with Gasteiger partial charge in [0, 0.05) is 0 Å². The summed E-state index contributed by atoms with van der Waals surface area (Å²) in [5.41, 5.74) is 3.45. The molecule has 1 N–H and O–H groups in total. The maximum absolute atomic E-state index is 13.1. The number of aryl methyl sites for hydroxylation is 2. The Morgan fingerprint density at radius 3 is 2.85 bits per heavy atom. The van der Waals surface area contributed by atoms with Crippen LogP contribution in [0.3, 0.4) is 0 Å². The number of benzene rings is 2. The van der Waals surface area contributed by atoms with E-state index in [4.69, 9.17) is 4.74 Å². The molecule has 104 valence electrons. The molecule has 20 heavy (non-hydrogen) atoms. The Kier molecular flexibility index (Phi) is 3.45. The van der Waals surface area contributed by atoms with E-state index >= 15 is 0 Å². The number of rotatable bonds is 2. The number of hydrogen-bond donors (Lipinski definition) is 1. The van der Waals surface area contributed by atoms with E-state index in [1.54, 1.807) is 6.07 Å². The van der Waals surface area contributed by atoms with Crippen molar-refractivity contribution in [3.63, 3.8) is 0 Å². The van der Waals surface area contributed by atoms with Crippen LogP contribution < -0.4 is 4.74 Å². The SMILES string of the molecule is Cc1cc(F)ccc1C(O)c1ccc2c(c1)CCCO2. The van der Waals surface area contributed by atoms with Crippen molar-refractivity contribution in [3.05, 3.63) is 64.5 Å². The molecule has 0 spiro atoms. The number of ether oxygens (including phenoxy) is 1. The molecular formula is C17H17FO2. The van der Waals surface area contributed by atoms with Gasteiger partial charge in [-0.25, -0.2) is 4.39 Å². The lowest BCUT2D eigenvalue weighted by Gasteiger charge is -2.20. The summed E-state index contributed by atoms with van der Waals surface area (Å²) in [5.74, 6) is 0.625. The molecular weight excluding hydrogens is 255 g/mol. The van der Waals surface area contributed by atoms with Crippen molar-refractivity contribution in [2.45, 2.75) is 25.9 Å². The zero-order valence-corrected chi connectivity index (χ0v) is 11.4. The fourth-order valence-corrected chi connectivity index (χ4v) is 2.68. The third-order valence-electron chi connectivity index (χ3n) is 3.77. The molecule has 0 saturated carbocycles. The van der Waals surface area contributed by atoms with Crippen LogP contribution in [-0.4, -0.2) is 11.7 Å². The predicted octanol–water partition coefficient (Wildman–Crippen LogP) is 3.54. The highest BCUT2D eigenvalue weighted by Crippen LogP contribution is 2.31. The first kappa shape index (κ1) is 13.1. The van der Waals surface area contributed by atoms with E-state index in [0.717, 1.165) is 47.5 Å². The first-order chi connectivity index (χ1) is 9.65. The maximum Gasteiger partial charge on any atom is 0.123 e. The van der Waals surface area contributed by atoms with Crippen molar-refractivity contribution in [2.24, 2.45) is 0 Å². The van der Waals surface area contributed by atoms with Gasteiger partial charge in [0.1, 0.15) is 17.7 Å². The second-order valence-corrected chi connectivity index (χ2v) is 5.22. The number of fused-ring (bicyclic) bond motifs is 1. The number of aliphatic hydroxyl groups excluding tert-OH is 1. The smallest absolute Gasteiger partial charge is 0.123 e. The van der Waals surface area contributed by atoms with Crippen molar-refractivity contribution in [3.8, 4) is 5.75 Å². The van der Waals surface area contributed by atoms with Gasteiger partial charge in [0.25, 0.3) is 0 Å². The molecule has 2 aromatic rings. The number of halogens is 1. The van der Waals surface area contributed by atoms with E-state index in [9.17, 15) is 9.50 Å². The molecule has 1 aliphatic heterocycles. The second kappa shape index (κ2) is 5.25. The van der Waals surface area contributed by atoms with Gasteiger partial charge in [0.05, 0.1) is 6.61 Å². The molecule has 2 aromatic carbocycles. The fraction of sp³-hybridized carbons (Fsp3) is 0.294. The van der Waals surface area contributed by atoms with Gasteiger partial charge in [-0.1, -0.05) is 12.1 Å². The van der Waals surface area contributed by atoms with E-state index in [0.29, 0.717) is 0 Å². The Bertz CT molecular complexity index is 637. The van der Waals surface area contributed by atoms with Crippen molar-refractivity contribution >= 4 is 0 Å². The molecule has 0 fully saturated rings. The summed E-state index contributed by atoms with van der Waals surface area (Å²) in [4.78, 5) is 0. The van der Waals surface area contributed by atoms with E-state index in [2.05, 4.69) is 0 Å². The van der Waals surface area contributed by atoms with E-state index in [1.165, 1.54) is 12.1 Å². The van der Waals surface area contributed by atoms with Crippen LogP contribution in [0, 0.1) is 12.7 Å². The molecule has 1 atom stereocenters. The van der Waals surface area contributed by atoms with Gasteiger partial charge >= 0.3 is 0 Å². The minimum absolute atomic E-state index is 0.280. The first-order valence-electron chi connectivity index (χ1n) is 6.85. The lowest BCUT2D eigenvalue weighted by molar-refractivity contribution is 0.218. The average molecular weight is 272 g/mol. The summed E-state index contributed by atoms with van der Waals surface area (Å²) in [5, 5.41) is 10.5. The van der Waals surface area contributed by atoms with Crippen LogP contribution in [0.15, 0.2) is 36.4 Å². The molecule has 0 saturated heterocycles. The normalized spacial score (nSPS) is 15.3. The molecule has 0 radical (unpaired) electrons. The Hall–Kier alpha value is -1.87. The first-order valence-corrected chi connectivity index (χ1v) is 6.85. The van der Waals surface area contributed by atoms with Crippen LogP contribution in [-0.2, 0) is 6.42 Å². The lowest BCUT2D eigenvalue weighted by Crippen LogP contribution is -2.10. The quantitative estimate of drug-likeness (QED) is 0.906. The van der Waals surface area contributed by atoms with E-state index < -0.39 is 6.10 Å². The third-order valence-corrected chi connectivity index (χ3v) is 3.77. The highest BCUT2D eigenvalue weighted by molar-refractivity contribution is 5.43. The number of aliphatic hydroxyl groups is 1. The Morgan fingerprint density at radius 2 is 2.05 bits per heavy atom. The van der Waals surface area contributed by atoms with Gasteiger partial charge in [-0.05, 0) is 66.3 Å². The van der Waals surface area contributed by atoms with Gasteiger partial charge in [-0.2, -0.15) is 0 Å². The largest absolute Gasteiger partial charge is 0.493 e. The van der Waals surface area contributed by atoms with Crippen LogP contribution >= 0.6 is 0 Å². The van der Waals surface area contributed by atoms with Gasteiger partial charge < -0.3 is 9.84 Å². The van der Waals surface area contributed by atoms with E-state index in [1.807, 2.05) is 25.1 Å². The molecule has 0 amide bonds. The summed E-state index contributed by atoms with van der Waals surface area (Å²) in [6, 6.07) is 10.2. The zero-order chi connectivity index (χ0) is 14.1. The summed E-state index contributed by atoms with van der Waals surface area (Å²) >= 11 is 0. The Labute approximate surface area is 117 Å². The standard InChI is InChI=1S/C17H17FO2/c1-11-9-14(18)5-6-15(11)17(19)13-4-7-16-12(10-13)3-2-8-20-16/h4-7,9-10,17,19H,2-3,8H2,1H3. The van der Waals surface area contributed by atoms with Crippen LogP contribution in [0.1, 0.15) is 34.8 Å². The zero-order valence-electron chi connectivity index (χ0n) is 11.4. The average Bonchev–Trinajstić information content (AvgIpc) is 2.46. The molecule has 0 bridgehead atoms. The molecule has 1 heterocycles. The number of hydrogen-bond acceptors (Lipinski definition) is 2. The molecule has 3 heteroatoms. The summed E-state index contributed by atoms with van der Waals surface area (Å²) in [6.45, 7) is 2.56. The highest BCUT2D eigenvalue weighted by atomic mass is 19.1. The molecule has 0 aromatic heterocycles. The third kappa shape index (κ3) is 2.41. The van der Waals surface area contributed by atoms with Gasteiger partial charge in [0.2, 0.25) is 0 Å². The van der Waals surface area contributed by atoms with Crippen LogP contribution in [0.2, 0.25) is 0 Å².